The van der Waals surface area contributed by atoms with E-state index in [1.54, 1.807) is 4.90 Å². The van der Waals surface area contributed by atoms with Crippen molar-refractivity contribution in [1.29, 1.82) is 0 Å². The lowest BCUT2D eigenvalue weighted by Gasteiger charge is -2.30. The van der Waals surface area contributed by atoms with E-state index in [-0.39, 0.29) is 30.0 Å². The Morgan fingerprint density at radius 1 is 1.21 bits per heavy atom. The van der Waals surface area contributed by atoms with Crippen molar-refractivity contribution >= 4 is 22.6 Å². The number of fused-ring (bicyclic) bond motifs is 1. The summed E-state index contributed by atoms with van der Waals surface area (Å²) in [5, 5.41) is 3.82. The van der Waals surface area contributed by atoms with Crippen LogP contribution in [0.25, 0.3) is 10.9 Å². The standard InChI is InChI=1S/C26H31FN4O2/c1-4-30-11-5-6-23(30)16-31(26(33)28-22-9-7-21(27)8-10-22)15-20-14-19-13-17(2)12-18(3)24(19)29-25(20)32/h7-10,12-14,23H,4-6,11,15-16H2,1-3H3,(H,28,33)(H,29,32)/t23-/m1/s1. The predicted molar refractivity (Wildman–Crippen MR) is 130 cm³/mol. The number of amides is 2. The Hall–Kier alpha value is -3.19. The summed E-state index contributed by atoms with van der Waals surface area (Å²) in [5.41, 5.74) is 3.83. The second-order valence-electron chi connectivity index (χ2n) is 8.91. The minimum absolute atomic E-state index is 0.187. The van der Waals surface area contributed by atoms with Gasteiger partial charge >= 0.3 is 6.03 Å². The Labute approximate surface area is 193 Å². The first-order valence-electron chi connectivity index (χ1n) is 11.5. The molecule has 1 aliphatic rings. The second kappa shape index (κ2) is 9.75. The zero-order valence-electron chi connectivity index (χ0n) is 19.5. The van der Waals surface area contributed by atoms with Gasteiger partial charge in [0, 0.05) is 23.8 Å². The number of aromatic amines is 1. The lowest BCUT2D eigenvalue weighted by Crippen LogP contribution is -2.45. The van der Waals surface area contributed by atoms with E-state index in [9.17, 15) is 14.0 Å². The third kappa shape index (κ3) is 5.25. The number of nitrogens with zero attached hydrogens (tertiary/aromatic N) is 2. The maximum Gasteiger partial charge on any atom is 0.322 e. The van der Waals surface area contributed by atoms with Gasteiger partial charge in [0.15, 0.2) is 0 Å². The first-order valence-corrected chi connectivity index (χ1v) is 11.5. The molecule has 1 aromatic heterocycles. The fourth-order valence-electron chi connectivity index (χ4n) is 4.78. The van der Waals surface area contributed by atoms with Gasteiger partial charge in [-0.3, -0.25) is 9.69 Å². The Morgan fingerprint density at radius 2 is 1.97 bits per heavy atom. The van der Waals surface area contributed by atoms with E-state index < -0.39 is 0 Å². The van der Waals surface area contributed by atoms with Crippen molar-refractivity contribution < 1.29 is 9.18 Å². The molecule has 174 valence electrons. The van der Waals surface area contributed by atoms with Crippen LogP contribution in [0.1, 0.15) is 36.5 Å². The second-order valence-corrected chi connectivity index (χ2v) is 8.91. The van der Waals surface area contributed by atoms with Crippen LogP contribution in [0, 0.1) is 19.7 Å². The topological polar surface area (TPSA) is 68.4 Å². The lowest BCUT2D eigenvalue weighted by molar-refractivity contribution is 0.174. The van der Waals surface area contributed by atoms with Crippen LogP contribution in [0.4, 0.5) is 14.9 Å². The van der Waals surface area contributed by atoms with E-state index in [1.807, 2.05) is 32.0 Å². The summed E-state index contributed by atoms with van der Waals surface area (Å²) in [5.74, 6) is -0.359. The van der Waals surface area contributed by atoms with Gasteiger partial charge in [-0.1, -0.05) is 18.6 Å². The Bertz CT molecular complexity index is 1210. The molecule has 3 aromatic rings. The van der Waals surface area contributed by atoms with E-state index >= 15 is 0 Å². The molecule has 0 saturated carbocycles. The highest BCUT2D eigenvalue weighted by atomic mass is 19.1. The largest absolute Gasteiger partial charge is 0.322 e. The average molecular weight is 451 g/mol. The molecule has 2 aromatic carbocycles. The fraction of sp³-hybridized carbons (Fsp3) is 0.385. The van der Waals surface area contributed by atoms with Crippen molar-refractivity contribution in [3.63, 3.8) is 0 Å². The Morgan fingerprint density at radius 3 is 2.70 bits per heavy atom. The molecule has 0 radical (unpaired) electrons. The number of likely N-dealkylation sites (tertiary alicyclic amines) is 1. The summed E-state index contributed by atoms with van der Waals surface area (Å²) in [6.07, 6.45) is 2.11. The third-order valence-corrected chi connectivity index (χ3v) is 6.45. The van der Waals surface area contributed by atoms with E-state index in [2.05, 4.69) is 22.1 Å². The van der Waals surface area contributed by atoms with Crippen LogP contribution >= 0.6 is 0 Å². The predicted octanol–water partition coefficient (Wildman–Crippen LogP) is 4.80. The Balaban J connectivity index is 1.63. The number of hydrogen-bond acceptors (Lipinski definition) is 3. The molecule has 1 fully saturated rings. The fourth-order valence-corrected chi connectivity index (χ4v) is 4.78. The summed E-state index contributed by atoms with van der Waals surface area (Å²) >= 11 is 0. The van der Waals surface area contributed by atoms with Crippen molar-refractivity contribution in [2.45, 2.75) is 46.2 Å². The normalized spacial score (nSPS) is 16.3. The molecule has 0 spiro atoms. The van der Waals surface area contributed by atoms with E-state index in [4.69, 9.17) is 0 Å². The highest BCUT2D eigenvalue weighted by Crippen LogP contribution is 2.21. The molecule has 1 atom stereocenters. The molecule has 2 heterocycles. The molecule has 2 N–H and O–H groups in total. The monoisotopic (exact) mass is 450 g/mol. The number of halogens is 1. The van der Waals surface area contributed by atoms with Crippen molar-refractivity contribution in [3.05, 3.63) is 75.3 Å². The highest BCUT2D eigenvalue weighted by molar-refractivity contribution is 5.89. The van der Waals surface area contributed by atoms with E-state index in [1.165, 1.54) is 24.3 Å². The molecular weight excluding hydrogens is 419 g/mol. The first-order chi connectivity index (χ1) is 15.8. The number of likely N-dealkylation sites (N-methyl/N-ethyl adjacent to an activating group) is 1. The molecule has 0 aliphatic carbocycles. The van der Waals surface area contributed by atoms with Gasteiger partial charge in [0.2, 0.25) is 0 Å². The van der Waals surface area contributed by atoms with Crippen molar-refractivity contribution in [2.75, 3.05) is 25.0 Å². The van der Waals surface area contributed by atoms with Crippen molar-refractivity contribution in [1.82, 2.24) is 14.8 Å². The van der Waals surface area contributed by atoms with Gasteiger partial charge in [-0.15, -0.1) is 0 Å². The molecule has 33 heavy (non-hydrogen) atoms. The number of benzene rings is 2. The van der Waals surface area contributed by atoms with Crippen LogP contribution in [0.5, 0.6) is 0 Å². The number of aryl methyl sites for hydroxylation is 2. The maximum atomic E-state index is 13.3. The van der Waals surface area contributed by atoms with Gasteiger partial charge in [0.1, 0.15) is 5.82 Å². The molecule has 2 amide bonds. The molecule has 1 aliphatic heterocycles. The number of carbonyl (C=O) groups is 1. The lowest BCUT2D eigenvalue weighted by atomic mass is 10.0. The first kappa shape index (κ1) is 23.0. The number of carbonyl (C=O) groups excluding carboxylic acids is 1. The summed E-state index contributed by atoms with van der Waals surface area (Å²) in [6.45, 7) is 8.79. The Kier molecular flexibility index (Phi) is 6.79. The number of anilines is 1. The smallest absolute Gasteiger partial charge is 0.321 e. The number of aromatic nitrogens is 1. The van der Waals surface area contributed by atoms with Crippen LogP contribution < -0.4 is 10.9 Å². The number of pyridine rings is 1. The summed E-state index contributed by atoms with van der Waals surface area (Å²) in [7, 11) is 0. The molecule has 4 rings (SSSR count). The quantitative estimate of drug-likeness (QED) is 0.567. The van der Waals surface area contributed by atoms with Gasteiger partial charge in [0.25, 0.3) is 5.56 Å². The minimum atomic E-state index is -0.359. The number of urea groups is 1. The van der Waals surface area contributed by atoms with Gasteiger partial charge in [-0.05, 0) is 87.1 Å². The molecule has 7 heteroatoms. The summed E-state index contributed by atoms with van der Waals surface area (Å²) in [6, 6.07) is 11.6. The zero-order valence-corrected chi connectivity index (χ0v) is 19.5. The van der Waals surface area contributed by atoms with E-state index in [0.717, 1.165) is 48.0 Å². The molecule has 6 nitrogen and oxygen atoms in total. The van der Waals surface area contributed by atoms with Crippen LogP contribution in [0.2, 0.25) is 0 Å². The minimum Gasteiger partial charge on any atom is -0.321 e. The number of nitrogens with one attached hydrogen (secondary N) is 2. The third-order valence-electron chi connectivity index (χ3n) is 6.45. The number of rotatable bonds is 6. The number of hydrogen-bond donors (Lipinski definition) is 2. The van der Waals surface area contributed by atoms with E-state index in [0.29, 0.717) is 17.8 Å². The van der Waals surface area contributed by atoms with Gasteiger partial charge in [-0.25, -0.2) is 9.18 Å². The average Bonchev–Trinajstić information content (AvgIpc) is 3.23. The highest BCUT2D eigenvalue weighted by Gasteiger charge is 2.28. The zero-order chi connectivity index (χ0) is 23.5. The van der Waals surface area contributed by atoms with Crippen LogP contribution in [0.3, 0.4) is 0 Å². The van der Waals surface area contributed by atoms with Crippen LogP contribution in [0.15, 0.2) is 47.3 Å². The van der Waals surface area contributed by atoms with Gasteiger partial charge < -0.3 is 15.2 Å². The molecule has 1 saturated heterocycles. The SMILES string of the molecule is CCN1CCC[C@@H]1CN(Cc1cc2cc(C)cc(C)c2[nH]c1=O)C(=O)Nc1ccc(F)cc1. The molecule has 0 unspecified atom stereocenters. The van der Waals surface area contributed by atoms with Crippen molar-refractivity contribution in [3.8, 4) is 0 Å². The maximum absolute atomic E-state index is 13.3. The van der Waals surface area contributed by atoms with Crippen LogP contribution in [-0.4, -0.2) is 46.5 Å². The van der Waals surface area contributed by atoms with Gasteiger partial charge in [0.05, 0.1) is 12.1 Å². The van der Waals surface area contributed by atoms with Crippen LogP contribution in [-0.2, 0) is 6.54 Å². The van der Waals surface area contributed by atoms with Gasteiger partial charge in [-0.2, -0.15) is 0 Å². The van der Waals surface area contributed by atoms with Crippen molar-refractivity contribution in [2.24, 2.45) is 0 Å². The molecular formula is C26H31FN4O2. The summed E-state index contributed by atoms with van der Waals surface area (Å²) < 4.78 is 13.3. The summed E-state index contributed by atoms with van der Waals surface area (Å²) in [4.78, 5) is 33.2. The molecule has 0 bridgehead atoms. The number of H-pyrrole nitrogens is 1.